The van der Waals surface area contributed by atoms with Crippen molar-refractivity contribution in [2.75, 3.05) is 42.5 Å². The van der Waals surface area contributed by atoms with Gasteiger partial charge in [-0.05, 0) is 55.9 Å². The first-order valence-corrected chi connectivity index (χ1v) is 14.9. The molecule has 5 rings (SSSR count). The lowest BCUT2D eigenvalue weighted by molar-refractivity contribution is 0.156. The molecule has 3 aromatic rings. The molecule has 1 N–H and O–H groups in total. The van der Waals surface area contributed by atoms with Crippen LogP contribution in [0.4, 0.5) is 11.4 Å². The van der Waals surface area contributed by atoms with Crippen molar-refractivity contribution in [2.24, 2.45) is 0 Å². The fourth-order valence-electron chi connectivity index (χ4n) is 4.62. The van der Waals surface area contributed by atoms with E-state index in [0.717, 1.165) is 29.2 Å². The van der Waals surface area contributed by atoms with Crippen LogP contribution in [0.15, 0.2) is 46.1 Å². The lowest BCUT2D eigenvalue weighted by Gasteiger charge is -2.26. The molecule has 2 aliphatic rings. The number of anilines is 2. The number of hydrogen-bond donors (Lipinski definition) is 1. The fraction of sp³-hybridized carbons (Fsp3) is 0.458. The minimum Gasteiger partial charge on any atom is -0.380 e. The molecule has 7 nitrogen and oxygen atoms in total. The van der Waals surface area contributed by atoms with E-state index in [0.29, 0.717) is 23.1 Å². The number of fused-ring (bicyclic) bond motifs is 1. The minimum absolute atomic E-state index is 0.0478. The summed E-state index contributed by atoms with van der Waals surface area (Å²) >= 11 is 2.99. The van der Waals surface area contributed by atoms with Gasteiger partial charge in [-0.2, -0.15) is 0 Å². The van der Waals surface area contributed by atoms with E-state index >= 15 is 0 Å². The van der Waals surface area contributed by atoms with E-state index in [9.17, 15) is 8.42 Å². The predicted molar refractivity (Wildman–Crippen MR) is 138 cm³/mol. The van der Waals surface area contributed by atoms with Crippen molar-refractivity contribution in [3.63, 3.8) is 0 Å². The highest BCUT2D eigenvalue weighted by Crippen LogP contribution is 2.43. The zero-order valence-corrected chi connectivity index (χ0v) is 21.7. The average molecular weight is 519 g/mol. The molecule has 1 aromatic carbocycles. The van der Waals surface area contributed by atoms with E-state index in [-0.39, 0.29) is 12.6 Å². The van der Waals surface area contributed by atoms with Crippen LogP contribution in [0.25, 0.3) is 0 Å². The summed E-state index contributed by atoms with van der Waals surface area (Å²) < 4.78 is 34.4. The van der Waals surface area contributed by atoms with Crippen molar-refractivity contribution in [3.8, 4) is 0 Å². The molecule has 0 bridgehead atoms. The smallest absolute Gasteiger partial charge is 0.273 e. The molecule has 4 heterocycles. The zero-order chi connectivity index (χ0) is 23.5. The summed E-state index contributed by atoms with van der Waals surface area (Å²) in [6, 6.07) is 9.37. The Morgan fingerprint density at radius 1 is 1.24 bits per heavy atom. The van der Waals surface area contributed by atoms with Crippen LogP contribution in [0, 0.1) is 0 Å². The number of aromatic nitrogens is 1. The lowest BCUT2D eigenvalue weighted by atomic mass is 10.1. The zero-order valence-electron chi connectivity index (χ0n) is 19.3. The van der Waals surface area contributed by atoms with Gasteiger partial charge in [0.1, 0.15) is 9.22 Å². The molecule has 0 spiro atoms. The van der Waals surface area contributed by atoms with E-state index < -0.39 is 10.0 Å². The van der Waals surface area contributed by atoms with Crippen LogP contribution in [0.1, 0.15) is 41.3 Å². The number of thiophene rings is 1. The molecule has 34 heavy (non-hydrogen) atoms. The molecule has 0 saturated carbocycles. The van der Waals surface area contributed by atoms with Crippen LogP contribution in [-0.2, 0) is 27.7 Å². The quantitative estimate of drug-likeness (QED) is 0.391. The van der Waals surface area contributed by atoms with Gasteiger partial charge in [-0.3, -0.25) is 9.21 Å². The number of thiazole rings is 1. The van der Waals surface area contributed by atoms with Gasteiger partial charge in [-0.25, -0.2) is 13.4 Å². The van der Waals surface area contributed by atoms with Gasteiger partial charge in [0.2, 0.25) is 0 Å². The van der Waals surface area contributed by atoms with Crippen LogP contribution < -0.4 is 9.62 Å². The number of benzene rings is 1. The third-order valence-electron chi connectivity index (χ3n) is 6.27. The van der Waals surface area contributed by atoms with E-state index in [4.69, 9.17) is 9.72 Å². The van der Waals surface area contributed by atoms with E-state index in [2.05, 4.69) is 16.3 Å². The number of nitrogens with zero attached hydrogens (tertiary/aromatic N) is 3. The van der Waals surface area contributed by atoms with Gasteiger partial charge < -0.3 is 10.1 Å². The van der Waals surface area contributed by atoms with Crippen LogP contribution in [-0.4, -0.2) is 51.1 Å². The molecule has 182 valence electrons. The molecular weight excluding hydrogens is 488 g/mol. The van der Waals surface area contributed by atoms with E-state index in [1.165, 1.54) is 46.5 Å². The highest BCUT2D eigenvalue weighted by atomic mass is 32.2. The molecule has 2 aliphatic heterocycles. The number of sulfonamides is 1. The highest BCUT2D eigenvalue weighted by molar-refractivity contribution is 7.94. The summed E-state index contributed by atoms with van der Waals surface area (Å²) in [5.74, 6) is 0. The number of rotatable bonds is 10. The summed E-state index contributed by atoms with van der Waals surface area (Å²) in [7, 11) is -3.69. The predicted octanol–water partition coefficient (Wildman–Crippen LogP) is 4.74. The molecule has 0 aliphatic carbocycles. The lowest BCUT2D eigenvalue weighted by Crippen LogP contribution is -2.34. The normalized spacial score (nSPS) is 18.2. The second-order valence-corrected chi connectivity index (χ2v) is 12.8. The largest absolute Gasteiger partial charge is 0.380 e. The van der Waals surface area contributed by atoms with Crippen LogP contribution >= 0.6 is 22.7 Å². The summed E-state index contributed by atoms with van der Waals surface area (Å²) in [6.07, 6.45) is 5.35. The first-order chi connectivity index (χ1) is 16.6. The summed E-state index contributed by atoms with van der Waals surface area (Å²) in [5.41, 5.74) is 2.66. The maximum absolute atomic E-state index is 13.5. The topological polar surface area (TPSA) is 74.8 Å². The molecule has 1 atom stereocenters. The number of likely N-dealkylation sites (tertiary alicyclic amines) is 1. The standard InChI is InChI=1S/C24H30N4O3S3/c1-2-31-13-12-28(34(29,30)22-9-6-14-32-22)21-8-5-7-18-15-20(26-23(18)21)24-25-16-19(33-24)17-27-10-3-4-11-27/h5-9,14,16,20,26H,2-4,10-13,15,17H2,1H3. The maximum atomic E-state index is 13.5. The third kappa shape index (κ3) is 4.87. The minimum atomic E-state index is -3.69. The fourth-order valence-corrected chi connectivity index (χ4v) is 8.20. The van der Waals surface area contributed by atoms with Gasteiger partial charge in [-0.15, -0.1) is 22.7 Å². The molecule has 1 unspecified atom stereocenters. The van der Waals surface area contributed by atoms with Crippen LogP contribution in [0.5, 0.6) is 0 Å². The van der Waals surface area contributed by atoms with Gasteiger partial charge in [0, 0.05) is 30.6 Å². The Hall–Kier alpha value is -1.98. The monoisotopic (exact) mass is 518 g/mol. The Morgan fingerprint density at radius 2 is 2.09 bits per heavy atom. The Balaban J connectivity index is 1.40. The molecule has 2 aromatic heterocycles. The first-order valence-electron chi connectivity index (χ1n) is 11.8. The van der Waals surface area contributed by atoms with Crippen molar-refractivity contribution in [1.82, 2.24) is 9.88 Å². The van der Waals surface area contributed by atoms with Crippen molar-refractivity contribution in [3.05, 3.63) is 57.4 Å². The molecule has 10 heteroatoms. The highest BCUT2D eigenvalue weighted by Gasteiger charge is 2.33. The van der Waals surface area contributed by atoms with Crippen molar-refractivity contribution in [1.29, 1.82) is 0 Å². The van der Waals surface area contributed by atoms with Crippen LogP contribution in [0.2, 0.25) is 0 Å². The summed E-state index contributed by atoms with van der Waals surface area (Å²) in [6.45, 7) is 6.35. The van der Waals surface area contributed by atoms with Gasteiger partial charge in [-0.1, -0.05) is 18.2 Å². The van der Waals surface area contributed by atoms with E-state index in [1.807, 2.05) is 25.3 Å². The number of para-hydroxylation sites is 1. The van der Waals surface area contributed by atoms with Gasteiger partial charge in [0.25, 0.3) is 10.0 Å². The van der Waals surface area contributed by atoms with Gasteiger partial charge >= 0.3 is 0 Å². The molecule has 0 radical (unpaired) electrons. The summed E-state index contributed by atoms with van der Waals surface area (Å²) in [5, 5.41) is 6.45. The SMILES string of the molecule is CCOCCN(c1cccc2c1NC(c1ncc(CN3CCCC3)s1)C2)S(=O)(=O)c1cccs1. The Bertz CT molecular complexity index is 1200. The second-order valence-electron chi connectivity index (χ2n) is 8.57. The Morgan fingerprint density at radius 3 is 2.85 bits per heavy atom. The number of nitrogens with one attached hydrogen (secondary N) is 1. The summed E-state index contributed by atoms with van der Waals surface area (Å²) in [4.78, 5) is 8.50. The molecule has 1 saturated heterocycles. The number of hydrogen-bond acceptors (Lipinski definition) is 8. The first kappa shape index (κ1) is 23.7. The van der Waals surface area contributed by atoms with Crippen molar-refractivity contribution in [2.45, 2.75) is 43.0 Å². The number of ether oxygens (including phenoxy) is 1. The Labute approximate surface area is 209 Å². The average Bonchev–Trinajstić information content (AvgIpc) is 3.63. The third-order valence-corrected chi connectivity index (χ3v) is 10.6. The maximum Gasteiger partial charge on any atom is 0.273 e. The second kappa shape index (κ2) is 10.3. The Kier molecular flexibility index (Phi) is 7.22. The molecule has 1 fully saturated rings. The van der Waals surface area contributed by atoms with Gasteiger partial charge in [0.05, 0.1) is 30.6 Å². The molecule has 0 amide bonds. The molecular formula is C24H30N4O3S3. The van der Waals surface area contributed by atoms with E-state index in [1.54, 1.807) is 28.8 Å². The van der Waals surface area contributed by atoms with Crippen molar-refractivity contribution >= 4 is 44.1 Å². The van der Waals surface area contributed by atoms with Crippen molar-refractivity contribution < 1.29 is 13.2 Å². The van der Waals surface area contributed by atoms with Crippen LogP contribution in [0.3, 0.4) is 0 Å². The van der Waals surface area contributed by atoms with Gasteiger partial charge in [0.15, 0.2) is 0 Å².